The van der Waals surface area contributed by atoms with Gasteiger partial charge in [0.05, 0.1) is 37.1 Å². The second kappa shape index (κ2) is 10.1. The monoisotopic (exact) mass is 464 g/mol. The summed E-state index contributed by atoms with van der Waals surface area (Å²) in [6.45, 7) is 6.64. The van der Waals surface area contributed by atoms with Gasteiger partial charge in [0.2, 0.25) is 5.88 Å². The average molecular weight is 465 g/mol. The minimum atomic E-state index is -1.04. The summed E-state index contributed by atoms with van der Waals surface area (Å²) in [5.74, 6) is -1.11. The maximum absolute atomic E-state index is 14.9. The van der Waals surface area contributed by atoms with Crippen molar-refractivity contribution in [3.05, 3.63) is 29.7 Å². The zero-order valence-electron chi connectivity index (χ0n) is 19.5. The molecule has 0 spiro atoms. The summed E-state index contributed by atoms with van der Waals surface area (Å²) < 4.78 is 20.1. The quantitative estimate of drug-likeness (QED) is 0.571. The van der Waals surface area contributed by atoms with Crippen LogP contribution < -0.4 is 4.74 Å². The van der Waals surface area contributed by atoms with Gasteiger partial charge >= 0.3 is 6.09 Å². The number of ether oxygens (including phenoxy) is 1. The molecule has 0 aliphatic carbocycles. The van der Waals surface area contributed by atoms with Gasteiger partial charge < -0.3 is 29.9 Å². The number of methoxy groups -OCH3 is 1. The summed E-state index contributed by atoms with van der Waals surface area (Å²) in [4.78, 5) is 23.6. The number of nitrogens with zero attached hydrogens (tertiary/aromatic N) is 4. The van der Waals surface area contributed by atoms with Crippen LogP contribution in [0, 0.1) is 11.7 Å². The lowest BCUT2D eigenvalue weighted by atomic mass is 9.90. The minimum Gasteiger partial charge on any atom is -0.481 e. The van der Waals surface area contributed by atoms with E-state index >= 15 is 0 Å². The molecule has 0 aromatic carbocycles. The highest BCUT2D eigenvalue weighted by Crippen LogP contribution is 2.30. The van der Waals surface area contributed by atoms with Gasteiger partial charge in [-0.2, -0.15) is 0 Å². The summed E-state index contributed by atoms with van der Waals surface area (Å²) >= 11 is 0. The SMILES string of the molecule is COc1ccc2ncc(F)c(C(CO)CN3CCC(O)C(CN(C(=O)O)C(C)(C)C)C3)c2n1. The summed E-state index contributed by atoms with van der Waals surface area (Å²) in [6.07, 6.45) is -0.0787. The van der Waals surface area contributed by atoms with Crippen LogP contribution in [0.25, 0.3) is 11.0 Å². The van der Waals surface area contributed by atoms with E-state index in [0.717, 1.165) is 6.20 Å². The maximum Gasteiger partial charge on any atom is 0.407 e. The van der Waals surface area contributed by atoms with Gasteiger partial charge in [-0.1, -0.05) is 0 Å². The fourth-order valence-corrected chi connectivity index (χ4v) is 4.41. The number of fused-ring (bicyclic) bond motifs is 1. The zero-order chi connectivity index (χ0) is 24.3. The number of aliphatic hydroxyl groups excluding tert-OH is 2. The molecule has 0 bridgehead atoms. The molecule has 1 aliphatic heterocycles. The van der Waals surface area contributed by atoms with E-state index in [1.54, 1.807) is 12.1 Å². The summed E-state index contributed by atoms with van der Waals surface area (Å²) in [6, 6.07) is 3.34. The molecule has 2 aromatic rings. The molecule has 3 atom stereocenters. The van der Waals surface area contributed by atoms with Crippen LogP contribution in [0.1, 0.15) is 38.7 Å². The molecule has 3 heterocycles. The van der Waals surface area contributed by atoms with E-state index in [9.17, 15) is 24.5 Å². The van der Waals surface area contributed by atoms with Crippen molar-refractivity contribution in [2.24, 2.45) is 5.92 Å². The number of aliphatic hydroxyl groups is 2. The Morgan fingerprint density at radius 3 is 2.73 bits per heavy atom. The number of halogens is 1. The maximum atomic E-state index is 14.9. The van der Waals surface area contributed by atoms with Gasteiger partial charge in [-0.3, -0.25) is 4.98 Å². The van der Waals surface area contributed by atoms with E-state index in [1.807, 2.05) is 25.7 Å². The van der Waals surface area contributed by atoms with Crippen LogP contribution in [0.5, 0.6) is 5.88 Å². The highest BCUT2D eigenvalue weighted by molar-refractivity contribution is 5.79. The molecule has 0 radical (unpaired) electrons. The third-order valence-electron chi connectivity index (χ3n) is 6.23. The smallest absolute Gasteiger partial charge is 0.407 e. The van der Waals surface area contributed by atoms with E-state index in [1.165, 1.54) is 12.0 Å². The van der Waals surface area contributed by atoms with Crippen LogP contribution in [0.15, 0.2) is 18.3 Å². The molecule has 3 rings (SSSR count). The lowest BCUT2D eigenvalue weighted by molar-refractivity contribution is -0.00468. The molecule has 9 nitrogen and oxygen atoms in total. The van der Waals surface area contributed by atoms with Crippen molar-refractivity contribution in [2.45, 2.75) is 44.8 Å². The van der Waals surface area contributed by atoms with Crippen LogP contribution in [-0.4, -0.2) is 92.7 Å². The van der Waals surface area contributed by atoms with Crippen LogP contribution in [0.2, 0.25) is 0 Å². The van der Waals surface area contributed by atoms with Crippen LogP contribution in [-0.2, 0) is 0 Å². The first-order valence-corrected chi connectivity index (χ1v) is 11.1. The van der Waals surface area contributed by atoms with Crippen molar-refractivity contribution >= 4 is 17.1 Å². The first kappa shape index (κ1) is 25.1. The molecule has 10 heteroatoms. The molecular weight excluding hydrogens is 431 g/mol. The van der Waals surface area contributed by atoms with E-state index in [2.05, 4.69) is 9.97 Å². The molecular formula is C23H33FN4O5. The van der Waals surface area contributed by atoms with Gasteiger partial charge in [-0.15, -0.1) is 0 Å². The number of carbonyl (C=O) groups is 1. The van der Waals surface area contributed by atoms with Crippen molar-refractivity contribution in [3.8, 4) is 5.88 Å². The van der Waals surface area contributed by atoms with Crippen LogP contribution >= 0.6 is 0 Å². The topological polar surface area (TPSA) is 119 Å². The number of pyridine rings is 2. The Morgan fingerprint density at radius 1 is 1.39 bits per heavy atom. The number of rotatable bonds is 7. The Labute approximate surface area is 192 Å². The third kappa shape index (κ3) is 5.69. The number of hydrogen-bond donors (Lipinski definition) is 3. The van der Waals surface area contributed by atoms with Gasteiger partial charge in [0.15, 0.2) is 0 Å². The number of likely N-dealkylation sites (tertiary alicyclic amines) is 1. The predicted molar refractivity (Wildman–Crippen MR) is 121 cm³/mol. The van der Waals surface area contributed by atoms with E-state index in [4.69, 9.17) is 4.74 Å². The van der Waals surface area contributed by atoms with E-state index in [-0.39, 0.29) is 24.6 Å². The fourth-order valence-electron chi connectivity index (χ4n) is 4.41. The molecule has 0 saturated carbocycles. The number of hydrogen-bond acceptors (Lipinski definition) is 7. The second-order valence-corrected chi connectivity index (χ2v) is 9.56. The van der Waals surface area contributed by atoms with Crippen molar-refractivity contribution in [1.82, 2.24) is 19.8 Å². The lowest BCUT2D eigenvalue weighted by Gasteiger charge is -2.42. The number of piperidine rings is 1. The first-order chi connectivity index (χ1) is 15.5. The van der Waals surface area contributed by atoms with Gasteiger partial charge in [0.25, 0.3) is 0 Å². The summed E-state index contributed by atoms with van der Waals surface area (Å²) in [7, 11) is 1.47. The van der Waals surface area contributed by atoms with E-state index in [0.29, 0.717) is 43.0 Å². The number of amides is 1. The molecule has 2 aromatic heterocycles. The standard InChI is InChI=1S/C23H33FN4O5/c1-23(2,3)28(22(31)32)12-14-10-27(8-7-18(14)30)11-15(13-29)20-16(24)9-25-17-5-6-19(33-4)26-21(17)20/h5-6,9,14-15,18,29-30H,7-8,10-13H2,1-4H3,(H,31,32). The first-order valence-electron chi connectivity index (χ1n) is 11.1. The van der Waals surface area contributed by atoms with Gasteiger partial charge in [-0.05, 0) is 33.3 Å². The zero-order valence-corrected chi connectivity index (χ0v) is 19.5. The van der Waals surface area contributed by atoms with Gasteiger partial charge in [0.1, 0.15) is 5.82 Å². The lowest BCUT2D eigenvalue weighted by Crippen LogP contribution is -2.53. The number of carboxylic acid groups (broad SMARTS) is 1. The Bertz CT molecular complexity index is 983. The van der Waals surface area contributed by atoms with Gasteiger partial charge in [0, 0.05) is 55.2 Å². The Hall–Kier alpha value is -2.56. The highest BCUT2D eigenvalue weighted by Gasteiger charge is 2.35. The Kier molecular flexibility index (Phi) is 7.71. The summed E-state index contributed by atoms with van der Waals surface area (Å²) in [5, 5.41) is 30.3. The molecule has 33 heavy (non-hydrogen) atoms. The van der Waals surface area contributed by atoms with Gasteiger partial charge in [-0.25, -0.2) is 14.2 Å². The fraction of sp³-hybridized carbons (Fsp3) is 0.609. The Morgan fingerprint density at radius 2 is 2.12 bits per heavy atom. The molecule has 1 fully saturated rings. The molecule has 1 amide bonds. The molecule has 1 saturated heterocycles. The predicted octanol–water partition coefficient (Wildman–Crippen LogP) is 2.31. The second-order valence-electron chi connectivity index (χ2n) is 9.56. The van der Waals surface area contributed by atoms with Crippen LogP contribution in [0.4, 0.5) is 9.18 Å². The van der Waals surface area contributed by atoms with Crippen LogP contribution in [0.3, 0.4) is 0 Å². The molecule has 3 N–H and O–H groups in total. The highest BCUT2D eigenvalue weighted by atomic mass is 19.1. The normalized spacial score (nSPS) is 20.6. The molecule has 1 aliphatic rings. The minimum absolute atomic E-state index is 0.186. The van der Waals surface area contributed by atoms with E-state index < -0.39 is 29.5 Å². The summed E-state index contributed by atoms with van der Waals surface area (Å²) in [5.41, 5.74) is 0.503. The molecule has 182 valence electrons. The average Bonchev–Trinajstić information content (AvgIpc) is 2.76. The van der Waals surface area contributed by atoms with Crippen molar-refractivity contribution in [2.75, 3.05) is 39.9 Å². The third-order valence-corrected chi connectivity index (χ3v) is 6.23. The molecule has 3 unspecified atom stereocenters. The largest absolute Gasteiger partial charge is 0.481 e. The van der Waals surface area contributed by atoms with Crippen molar-refractivity contribution in [1.29, 1.82) is 0 Å². The number of aromatic nitrogens is 2. The Balaban J connectivity index is 1.83. The van der Waals surface area contributed by atoms with Crippen molar-refractivity contribution < 1.29 is 29.2 Å². The van der Waals surface area contributed by atoms with Crippen molar-refractivity contribution in [3.63, 3.8) is 0 Å².